The first-order valence-electron chi connectivity index (χ1n) is 7.37. The summed E-state index contributed by atoms with van der Waals surface area (Å²) < 4.78 is 1.48. The van der Waals surface area contributed by atoms with Gasteiger partial charge in [0.15, 0.2) is 5.65 Å². The maximum atomic E-state index is 11.6. The van der Waals surface area contributed by atoms with Crippen LogP contribution in [0.25, 0.3) is 5.65 Å². The van der Waals surface area contributed by atoms with Crippen molar-refractivity contribution < 1.29 is 0 Å². The number of nitrogens with zero attached hydrogens (tertiary/aromatic N) is 3. The van der Waals surface area contributed by atoms with Crippen molar-refractivity contribution in [3.05, 3.63) is 22.4 Å². The number of fused-ring (bicyclic) bond motifs is 1. The van der Waals surface area contributed by atoms with Crippen molar-refractivity contribution in [1.29, 1.82) is 0 Å². The van der Waals surface area contributed by atoms with Gasteiger partial charge in [-0.25, -0.2) is 19.3 Å². The zero-order valence-electron chi connectivity index (χ0n) is 12.4. The van der Waals surface area contributed by atoms with Gasteiger partial charge in [-0.2, -0.15) is 5.10 Å². The van der Waals surface area contributed by atoms with Gasteiger partial charge in [-0.1, -0.05) is 33.1 Å². The van der Waals surface area contributed by atoms with Crippen LogP contribution in [0, 0.1) is 6.92 Å². The number of anilines is 1. The van der Waals surface area contributed by atoms with Gasteiger partial charge in [0.05, 0.1) is 0 Å². The lowest BCUT2D eigenvalue weighted by Crippen LogP contribution is -2.21. The molecule has 0 aromatic carbocycles. The van der Waals surface area contributed by atoms with Crippen molar-refractivity contribution in [2.24, 2.45) is 0 Å². The predicted molar refractivity (Wildman–Crippen MR) is 80.2 cm³/mol. The van der Waals surface area contributed by atoms with Gasteiger partial charge in [0.25, 0.3) is 0 Å². The molecule has 2 N–H and O–H groups in total. The molecule has 2 rings (SSSR count). The Labute approximate surface area is 118 Å². The summed E-state index contributed by atoms with van der Waals surface area (Å²) in [5, 5.41) is 9.92. The lowest BCUT2D eigenvalue weighted by atomic mass is 10.1. The van der Waals surface area contributed by atoms with Gasteiger partial charge in [0.1, 0.15) is 11.6 Å². The molecule has 0 radical (unpaired) electrons. The highest BCUT2D eigenvalue weighted by Gasteiger charge is 2.11. The second kappa shape index (κ2) is 6.54. The smallest absolute Gasteiger partial charge is 0.349 e. The van der Waals surface area contributed by atoms with E-state index < -0.39 is 0 Å². The Bertz CT molecular complexity index is 616. The Kier molecular flexibility index (Phi) is 4.76. The fraction of sp³-hybridized carbons (Fsp3) is 0.643. The van der Waals surface area contributed by atoms with Crippen LogP contribution in [-0.4, -0.2) is 25.6 Å². The second-order valence-corrected chi connectivity index (χ2v) is 5.18. The Balaban J connectivity index is 2.21. The van der Waals surface area contributed by atoms with Crippen molar-refractivity contribution in [3.63, 3.8) is 0 Å². The molecule has 0 bridgehead atoms. The van der Waals surface area contributed by atoms with Gasteiger partial charge >= 0.3 is 5.69 Å². The summed E-state index contributed by atoms with van der Waals surface area (Å²) in [6.45, 7) is 6.21. The third-order valence-corrected chi connectivity index (χ3v) is 3.47. The quantitative estimate of drug-likeness (QED) is 0.815. The number of nitrogens with one attached hydrogen (secondary N) is 2. The molecular formula is C14H23N5O. The third kappa shape index (κ3) is 3.18. The molecule has 1 unspecified atom stereocenters. The summed E-state index contributed by atoms with van der Waals surface area (Å²) in [5.41, 5.74) is 0.364. The molecule has 0 amide bonds. The number of unbranched alkanes of at least 4 members (excludes halogenated alkanes) is 1. The fourth-order valence-corrected chi connectivity index (χ4v) is 2.47. The van der Waals surface area contributed by atoms with Crippen LogP contribution in [-0.2, 0) is 0 Å². The van der Waals surface area contributed by atoms with Crippen LogP contribution in [0.5, 0.6) is 0 Å². The molecule has 0 spiro atoms. The Morgan fingerprint density at radius 1 is 1.35 bits per heavy atom. The molecule has 6 nitrogen and oxygen atoms in total. The minimum Gasteiger partial charge on any atom is -0.367 e. The van der Waals surface area contributed by atoms with Crippen molar-refractivity contribution in [2.45, 2.75) is 58.9 Å². The number of hydrogen-bond donors (Lipinski definition) is 2. The van der Waals surface area contributed by atoms with Gasteiger partial charge < -0.3 is 5.32 Å². The van der Waals surface area contributed by atoms with Gasteiger partial charge in [-0.05, 0) is 19.8 Å². The largest absolute Gasteiger partial charge is 0.367 e. The minimum atomic E-state index is -0.243. The monoisotopic (exact) mass is 277 g/mol. The number of aromatic amines is 1. The number of hydrogen-bond acceptors (Lipinski definition) is 4. The third-order valence-electron chi connectivity index (χ3n) is 3.47. The summed E-state index contributed by atoms with van der Waals surface area (Å²) >= 11 is 0. The van der Waals surface area contributed by atoms with Crippen LogP contribution < -0.4 is 11.0 Å². The van der Waals surface area contributed by atoms with Crippen molar-refractivity contribution >= 4 is 11.5 Å². The predicted octanol–water partition coefficient (Wildman–Crippen LogP) is 2.50. The molecular weight excluding hydrogens is 254 g/mol. The molecule has 0 saturated heterocycles. The van der Waals surface area contributed by atoms with E-state index >= 15 is 0 Å². The Morgan fingerprint density at radius 2 is 2.15 bits per heavy atom. The molecule has 6 heteroatoms. The molecule has 0 saturated carbocycles. The molecule has 0 aliphatic heterocycles. The molecule has 1 atom stereocenters. The summed E-state index contributed by atoms with van der Waals surface area (Å²) in [6, 6.07) is 2.25. The average Bonchev–Trinajstić information content (AvgIpc) is 2.78. The van der Waals surface area contributed by atoms with E-state index in [-0.39, 0.29) is 5.69 Å². The first-order valence-corrected chi connectivity index (χ1v) is 7.37. The fourth-order valence-electron chi connectivity index (χ4n) is 2.47. The van der Waals surface area contributed by atoms with E-state index in [1.54, 1.807) is 0 Å². The molecule has 20 heavy (non-hydrogen) atoms. The molecule has 2 heterocycles. The van der Waals surface area contributed by atoms with E-state index in [4.69, 9.17) is 0 Å². The first-order chi connectivity index (χ1) is 9.65. The van der Waals surface area contributed by atoms with Crippen molar-refractivity contribution in [1.82, 2.24) is 19.6 Å². The number of rotatable bonds is 7. The van der Waals surface area contributed by atoms with Gasteiger partial charge in [-0.3, -0.25) is 0 Å². The zero-order chi connectivity index (χ0) is 14.5. The first kappa shape index (κ1) is 14.6. The summed E-state index contributed by atoms with van der Waals surface area (Å²) in [5.74, 6) is 1.44. The van der Waals surface area contributed by atoms with E-state index in [9.17, 15) is 4.79 Å². The van der Waals surface area contributed by atoms with Gasteiger partial charge in [0, 0.05) is 12.1 Å². The highest BCUT2D eigenvalue weighted by molar-refractivity contribution is 5.50. The van der Waals surface area contributed by atoms with E-state index in [0.717, 1.165) is 25.1 Å². The van der Waals surface area contributed by atoms with E-state index in [2.05, 4.69) is 34.3 Å². The SMILES string of the molecule is CCCCC(CCC)Nc1cc2n[nH]c(=O)n2c(C)n1. The maximum Gasteiger partial charge on any atom is 0.349 e. The van der Waals surface area contributed by atoms with Crippen molar-refractivity contribution in [3.8, 4) is 0 Å². The summed E-state index contributed by atoms with van der Waals surface area (Å²) in [7, 11) is 0. The van der Waals surface area contributed by atoms with Crippen LogP contribution in [0.3, 0.4) is 0 Å². The Morgan fingerprint density at radius 3 is 2.85 bits per heavy atom. The molecule has 2 aromatic rings. The van der Waals surface area contributed by atoms with Gasteiger partial charge in [0.2, 0.25) is 0 Å². The number of aromatic nitrogens is 4. The number of aryl methyl sites for hydroxylation is 1. The molecule has 0 aliphatic carbocycles. The van der Waals surface area contributed by atoms with Gasteiger partial charge in [-0.15, -0.1) is 0 Å². The lowest BCUT2D eigenvalue weighted by Gasteiger charge is -2.18. The van der Waals surface area contributed by atoms with Crippen LogP contribution in [0.15, 0.2) is 10.9 Å². The van der Waals surface area contributed by atoms with Crippen LogP contribution in [0.1, 0.15) is 51.8 Å². The average molecular weight is 277 g/mol. The van der Waals surface area contributed by atoms with Crippen LogP contribution in [0.4, 0.5) is 5.82 Å². The zero-order valence-corrected chi connectivity index (χ0v) is 12.4. The maximum absolute atomic E-state index is 11.6. The standard InChI is InChI=1S/C14H23N5O/c1-4-6-8-11(7-5-2)16-12-9-13-17-18-14(20)19(13)10(3)15-12/h9,11,16H,4-8H2,1-3H3,(H,18,20). The number of H-pyrrole nitrogens is 1. The van der Waals surface area contributed by atoms with Crippen LogP contribution in [0.2, 0.25) is 0 Å². The molecule has 0 aliphatic rings. The lowest BCUT2D eigenvalue weighted by molar-refractivity contribution is 0.562. The van der Waals surface area contributed by atoms with Crippen molar-refractivity contribution in [2.75, 3.05) is 5.32 Å². The minimum absolute atomic E-state index is 0.243. The van der Waals surface area contributed by atoms with E-state index in [1.807, 2.05) is 13.0 Å². The van der Waals surface area contributed by atoms with E-state index in [0.29, 0.717) is 17.5 Å². The van der Waals surface area contributed by atoms with Crippen LogP contribution >= 0.6 is 0 Å². The normalized spacial score (nSPS) is 12.8. The highest BCUT2D eigenvalue weighted by Crippen LogP contribution is 2.15. The molecule has 2 aromatic heterocycles. The highest BCUT2D eigenvalue weighted by atomic mass is 16.1. The summed E-state index contributed by atoms with van der Waals surface area (Å²) in [6.07, 6.45) is 5.82. The second-order valence-electron chi connectivity index (χ2n) is 5.18. The Hall–Kier alpha value is -1.85. The molecule has 0 fully saturated rings. The van der Waals surface area contributed by atoms with E-state index in [1.165, 1.54) is 17.2 Å². The topological polar surface area (TPSA) is 75.1 Å². The molecule has 110 valence electrons. The summed E-state index contributed by atoms with van der Waals surface area (Å²) in [4.78, 5) is 16.0.